The van der Waals surface area contributed by atoms with Crippen LogP contribution in [0.4, 0.5) is 0 Å². The smallest absolute Gasteiger partial charge is 0.225 e. The van der Waals surface area contributed by atoms with Gasteiger partial charge in [0, 0.05) is 19.0 Å². The molecular formula is C14H28N2O. The van der Waals surface area contributed by atoms with E-state index in [1.807, 2.05) is 11.9 Å². The van der Waals surface area contributed by atoms with Crippen molar-refractivity contribution in [3.8, 4) is 0 Å². The average Bonchev–Trinajstić information content (AvgIpc) is 2.82. The van der Waals surface area contributed by atoms with E-state index in [0.717, 1.165) is 25.7 Å². The third-order valence-corrected chi connectivity index (χ3v) is 4.18. The Labute approximate surface area is 106 Å². The van der Waals surface area contributed by atoms with Crippen molar-refractivity contribution in [2.75, 3.05) is 13.6 Å². The average molecular weight is 240 g/mol. The minimum atomic E-state index is 0.166. The van der Waals surface area contributed by atoms with Crippen LogP contribution in [0.1, 0.15) is 52.4 Å². The summed E-state index contributed by atoms with van der Waals surface area (Å²) >= 11 is 0. The highest BCUT2D eigenvalue weighted by molar-refractivity contribution is 5.78. The topological polar surface area (TPSA) is 46.3 Å². The van der Waals surface area contributed by atoms with Crippen molar-refractivity contribution in [3.05, 3.63) is 0 Å². The zero-order valence-corrected chi connectivity index (χ0v) is 11.6. The summed E-state index contributed by atoms with van der Waals surface area (Å²) in [5, 5.41) is 0. The number of carbonyl (C=O) groups is 1. The highest BCUT2D eigenvalue weighted by Gasteiger charge is 2.32. The third kappa shape index (κ3) is 3.70. The zero-order valence-electron chi connectivity index (χ0n) is 11.6. The third-order valence-electron chi connectivity index (χ3n) is 4.18. The Kier molecular flexibility index (Phi) is 5.96. The molecule has 1 amide bonds. The van der Waals surface area contributed by atoms with Crippen molar-refractivity contribution >= 4 is 5.91 Å². The standard InChI is InChI=1S/C14H28N2O/c1-4-5-7-11(2)14(17)16(3)13-9-6-8-12(13)10-15/h11-13H,4-10,15H2,1-3H3. The van der Waals surface area contributed by atoms with Gasteiger partial charge in [-0.1, -0.05) is 33.1 Å². The minimum Gasteiger partial charge on any atom is -0.342 e. The molecular weight excluding hydrogens is 212 g/mol. The van der Waals surface area contributed by atoms with Crippen LogP contribution in [0.15, 0.2) is 0 Å². The van der Waals surface area contributed by atoms with Crippen LogP contribution in [0.3, 0.4) is 0 Å². The van der Waals surface area contributed by atoms with Crippen molar-refractivity contribution in [1.82, 2.24) is 4.90 Å². The first-order valence-electron chi connectivity index (χ1n) is 7.08. The highest BCUT2D eigenvalue weighted by Crippen LogP contribution is 2.29. The van der Waals surface area contributed by atoms with Gasteiger partial charge in [-0.15, -0.1) is 0 Å². The number of amides is 1. The van der Waals surface area contributed by atoms with Crippen LogP contribution < -0.4 is 5.73 Å². The molecule has 0 aromatic rings. The lowest BCUT2D eigenvalue weighted by atomic mass is 9.98. The second kappa shape index (κ2) is 7.00. The van der Waals surface area contributed by atoms with Gasteiger partial charge in [-0.3, -0.25) is 4.79 Å². The van der Waals surface area contributed by atoms with Gasteiger partial charge in [0.25, 0.3) is 0 Å². The predicted octanol–water partition coefficient (Wildman–Crippen LogP) is 2.40. The van der Waals surface area contributed by atoms with Crippen LogP contribution in [-0.2, 0) is 4.79 Å². The second-order valence-corrected chi connectivity index (χ2v) is 5.49. The molecule has 1 aliphatic carbocycles. The molecule has 3 unspecified atom stereocenters. The Morgan fingerprint density at radius 2 is 2.18 bits per heavy atom. The Hall–Kier alpha value is -0.570. The largest absolute Gasteiger partial charge is 0.342 e. The number of nitrogens with zero attached hydrogens (tertiary/aromatic N) is 1. The molecule has 2 N–H and O–H groups in total. The van der Waals surface area contributed by atoms with Crippen molar-refractivity contribution in [2.45, 2.75) is 58.4 Å². The van der Waals surface area contributed by atoms with E-state index in [-0.39, 0.29) is 5.92 Å². The van der Waals surface area contributed by atoms with Crippen LogP contribution in [0.2, 0.25) is 0 Å². The van der Waals surface area contributed by atoms with Gasteiger partial charge in [0.05, 0.1) is 0 Å². The number of hydrogen-bond donors (Lipinski definition) is 1. The predicted molar refractivity (Wildman–Crippen MR) is 71.6 cm³/mol. The fourth-order valence-corrected chi connectivity index (χ4v) is 2.95. The molecule has 0 bridgehead atoms. The fraction of sp³-hybridized carbons (Fsp3) is 0.929. The molecule has 0 heterocycles. The van der Waals surface area contributed by atoms with Crippen molar-refractivity contribution in [2.24, 2.45) is 17.6 Å². The Balaban J connectivity index is 2.50. The molecule has 3 atom stereocenters. The summed E-state index contributed by atoms with van der Waals surface area (Å²) in [6, 6.07) is 0.386. The van der Waals surface area contributed by atoms with E-state index in [9.17, 15) is 4.79 Å². The number of rotatable bonds is 6. The van der Waals surface area contributed by atoms with E-state index in [2.05, 4.69) is 13.8 Å². The van der Waals surface area contributed by atoms with E-state index in [0.29, 0.717) is 24.4 Å². The van der Waals surface area contributed by atoms with E-state index in [4.69, 9.17) is 5.73 Å². The number of nitrogens with two attached hydrogens (primary N) is 1. The summed E-state index contributed by atoms with van der Waals surface area (Å²) < 4.78 is 0. The van der Waals surface area contributed by atoms with Gasteiger partial charge < -0.3 is 10.6 Å². The molecule has 0 spiro atoms. The maximum atomic E-state index is 12.3. The molecule has 0 aliphatic heterocycles. The lowest BCUT2D eigenvalue weighted by molar-refractivity contribution is -0.136. The molecule has 1 saturated carbocycles. The molecule has 0 aromatic heterocycles. The Morgan fingerprint density at radius 1 is 1.47 bits per heavy atom. The fourth-order valence-electron chi connectivity index (χ4n) is 2.95. The van der Waals surface area contributed by atoms with Gasteiger partial charge >= 0.3 is 0 Å². The lowest BCUT2D eigenvalue weighted by Gasteiger charge is -2.31. The normalized spacial score (nSPS) is 25.9. The summed E-state index contributed by atoms with van der Waals surface area (Å²) in [5.74, 6) is 0.991. The summed E-state index contributed by atoms with van der Waals surface area (Å²) in [6.45, 7) is 4.94. The van der Waals surface area contributed by atoms with Gasteiger partial charge in [0.2, 0.25) is 5.91 Å². The van der Waals surface area contributed by atoms with E-state index in [1.165, 1.54) is 12.8 Å². The molecule has 0 aromatic carbocycles. The quantitative estimate of drug-likeness (QED) is 0.775. The van der Waals surface area contributed by atoms with Gasteiger partial charge in [-0.05, 0) is 31.7 Å². The Morgan fingerprint density at radius 3 is 2.76 bits per heavy atom. The first-order valence-corrected chi connectivity index (χ1v) is 7.08. The molecule has 1 aliphatic rings. The minimum absolute atomic E-state index is 0.166. The number of hydrogen-bond acceptors (Lipinski definition) is 2. The molecule has 0 radical (unpaired) electrons. The zero-order chi connectivity index (χ0) is 12.8. The first kappa shape index (κ1) is 14.5. The maximum Gasteiger partial charge on any atom is 0.225 e. The van der Waals surface area contributed by atoms with E-state index >= 15 is 0 Å². The van der Waals surface area contributed by atoms with Crippen LogP contribution >= 0.6 is 0 Å². The van der Waals surface area contributed by atoms with Crippen LogP contribution in [0.5, 0.6) is 0 Å². The van der Waals surface area contributed by atoms with E-state index < -0.39 is 0 Å². The molecule has 3 heteroatoms. The summed E-state index contributed by atoms with van der Waals surface area (Å²) in [4.78, 5) is 14.3. The van der Waals surface area contributed by atoms with Crippen molar-refractivity contribution in [1.29, 1.82) is 0 Å². The summed E-state index contributed by atoms with van der Waals surface area (Å²) in [7, 11) is 1.96. The first-order chi connectivity index (χ1) is 8.11. The second-order valence-electron chi connectivity index (χ2n) is 5.49. The van der Waals surface area contributed by atoms with Gasteiger partial charge in [-0.2, -0.15) is 0 Å². The molecule has 100 valence electrons. The summed E-state index contributed by atoms with van der Waals surface area (Å²) in [5.41, 5.74) is 5.78. The van der Waals surface area contributed by atoms with E-state index in [1.54, 1.807) is 0 Å². The maximum absolute atomic E-state index is 12.3. The number of carbonyl (C=O) groups excluding carboxylic acids is 1. The van der Waals surface area contributed by atoms with Gasteiger partial charge in [0.15, 0.2) is 0 Å². The SMILES string of the molecule is CCCCC(C)C(=O)N(C)C1CCCC1CN. The molecule has 3 nitrogen and oxygen atoms in total. The lowest BCUT2D eigenvalue weighted by Crippen LogP contribution is -2.43. The molecule has 0 saturated heterocycles. The Bertz CT molecular complexity index is 242. The van der Waals surface area contributed by atoms with Gasteiger partial charge in [0.1, 0.15) is 0 Å². The van der Waals surface area contributed by atoms with Crippen LogP contribution in [0, 0.1) is 11.8 Å². The van der Waals surface area contributed by atoms with Gasteiger partial charge in [-0.25, -0.2) is 0 Å². The van der Waals surface area contributed by atoms with Crippen molar-refractivity contribution < 1.29 is 4.79 Å². The molecule has 1 rings (SSSR count). The molecule has 17 heavy (non-hydrogen) atoms. The monoisotopic (exact) mass is 240 g/mol. The van der Waals surface area contributed by atoms with Crippen LogP contribution in [-0.4, -0.2) is 30.4 Å². The van der Waals surface area contributed by atoms with Crippen LogP contribution in [0.25, 0.3) is 0 Å². The summed E-state index contributed by atoms with van der Waals surface area (Å²) in [6.07, 6.45) is 6.85. The highest BCUT2D eigenvalue weighted by atomic mass is 16.2. The number of unbranched alkanes of at least 4 members (excludes halogenated alkanes) is 1. The molecule has 1 fully saturated rings. The van der Waals surface area contributed by atoms with Crippen molar-refractivity contribution in [3.63, 3.8) is 0 Å².